The number of nitriles is 1. The Balaban J connectivity index is 1.73. The summed E-state index contributed by atoms with van der Waals surface area (Å²) in [7, 11) is -3.03. The van der Waals surface area contributed by atoms with Gasteiger partial charge in [-0.25, -0.2) is 13.4 Å². The van der Waals surface area contributed by atoms with E-state index >= 15 is 0 Å². The smallest absolute Gasteiger partial charge is 0.199 e. The highest BCUT2D eigenvalue weighted by Crippen LogP contribution is 2.41. The van der Waals surface area contributed by atoms with Crippen LogP contribution in [0.1, 0.15) is 60.5 Å². The zero-order valence-corrected chi connectivity index (χ0v) is 20.5. The molecule has 2 aromatic rings. The third-order valence-electron chi connectivity index (χ3n) is 6.15. The number of hydrogen-bond donors (Lipinski definition) is 2. The summed E-state index contributed by atoms with van der Waals surface area (Å²) in [5.41, 5.74) is 6.52. The number of rotatable bonds is 8. The van der Waals surface area contributed by atoms with Crippen LogP contribution in [0.5, 0.6) is 5.75 Å². The molecule has 1 aliphatic heterocycles. The van der Waals surface area contributed by atoms with Gasteiger partial charge in [0, 0.05) is 30.0 Å². The lowest BCUT2D eigenvalue weighted by Crippen LogP contribution is -2.39. The van der Waals surface area contributed by atoms with Crippen molar-refractivity contribution in [3.05, 3.63) is 64.2 Å². The first-order valence-electron chi connectivity index (χ1n) is 11.4. The van der Waals surface area contributed by atoms with Gasteiger partial charge in [-0.2, -0.15) is 5.26 Å². The van der Waals surface area contributed by atoms with Crippen molar-refractivity contribution in [1.29, 1.82) is 5.26 Å². The highest BCUT2D eigenvalue weighted by atomic mass is 32.2. The number of aliphatic imine (C=N–C) groups is 1. The fraction of sp³-hybridized carbons (Fsp3) is 0.440. The highest BCUT2D eigenvalue weighted by molar-refractivity contribution is 7.90. The Labute approximate surface area is 200 Å². The Bertz CT molecular complexity index is 1240. The molecule has 1 heterocycles. The van der Waals surface area contributed by atoms with Crippen LogP contribution < -0.4 is 15.5 Å². The predicted octanol–water partition coefficient (Wildman–Crippen LogP) is 3.12. The van der Waals surface area contributed by atoms with Crippen molar-refractivity contribution in [3.8, 4) is 11.8 Å². The maximum atomic E-state index is 11.6. The van der Waals surface area contributed by atoms with Crippen molar-refractivity contribution < 1.29 is 18.0 Å². The molecule has 8 nitrogen and oxygen atoms in total. The zero-order chi connectivity index (χ0) is 24.3. The van der Waals surface area contributed by atoms with Crippen molar-refractivity contribution in [2.45, 2.75) is 50.9 Å². The quantitative estimate of drug-likeness (QED) is 0.594. The average molecular weight is 483 g/mol. The maximum absolute atomic E-state index is 11.6. The molecule has 1 aliphatic carbocycles. The number of hydrogen-bond acceptors (Lipinski definition) is 8. The minimum Gasteiger partial charge on any atom is -0.490 e. The van der Waals surface area contributed by atoms with Crippen molar-refractivity contribution in [2.24, 2.45) is 4.99 Å². The lowest BCUT2D eigenvalue weighted by Gasteiger charge is -2.34. The van der Waals surface area contributed by atoms with Crippen LogP contribution in [-0.2, 0) is 26.8 Å². The van der Waals surface area contributed by atoms with Gasteiger partial charge >= 0.3 is 0 Å². The van der Waals surface area contributed by atoms with Crippen LogP contribution in [0.4, 0.5) is 0 Å². The van der Waals surface area contributed by atoms with E-state index in [9.17, 15) is 13.7 Å². The summed E-state index contributed by atoms with van der Waals surface area (Å²) in [5.74, 6) is 0.633. The molecule has 0 spiro atoms. The number of fused-ring (bicyclic) bond motifs is 1. The SMILES string of the molecule is CC(C)Oc1ccc([C@]2(c3cccc4c3CCCC4NCCS(C)(=O)=O)N=CON2)cc1C#N. The van der Waals surface area contributed by atoms with Crippen LogP contribution in [0, 0.1) is 11.3 Å². The number of benzene rings is 2. The summed E-state index contributed by atoms with van der Waals surface area (Å²) in [5, 5.41) is 13.2. The van der Waals surface area contributed by atoms with E-state index in [0.29, 0.717) is 17.9 Å². The molecule has 9 heteroatoms. The van der Waals surface area contributed by atoms with Gasteiger partial charge in [0.1, 0.15) is 21.7 Å². The second kappa shape index (κ2) is 9.74. The molecule has 2 N–H and O–H groups in total. The molecule has 0 saturated heterocycles. The number of nitrogens with zero attached hydrogens (tertiary/aromatic N) is 2. The number of sulfone groups is 1. The van der Waals surface area contributed by atoms with Gasteiger partial charge in [-0.05, 0) is 56.4 Å². The molecule has 2 aromatic carbocycles. The van der Waals surface area contributed by atoms with Crippen molar-refractivity contribution in [2.75, 3.05) is 18.6 Å². The fourth-order valence-corrected chi connectivity index (χ4v) is 5.16. The summed E-state index contributed by atoms with van der Waals surface area (Å²) < 4.78 is 28.9. The van der Waals surface area contributed by atoms with Crippen molar-refractivity contribution >= 4 is 16.2 Å². The van der Waals surface area contributed by atoms with E-state index in [1.807, 2.05) is 32.0 Å². The van der Waals surface area contributed by atoms with Gasteiger partial charge in [-0.3, -0.25) is 0 Å². The molecule has 2 atom stereocenters. The standard InChI is InChI=1S/C25H30N4O4S/c1-17(2)33-24-11-10-19(14-18(24)15-26)25(28-16-32-29-25)22-8-4-7-21-20(22)6-5-9-23(21)27-12-13-34(3,30)31/h4,7-8,10-11,14,16-17,23,27,29H,5-6,9,12-13H2,1-3H3/t23?,25-/m0/s1. The van der Waals surface area contributed by atoms with E-state index in [1.54, 1.807) is 12.1 Å². The Morgan fingerprint density at radius 2 is 2.18 bits per heavy atom. The number of hydroxylamine groups is 1. The largest absolute Gasteiger partial charge is 0.490 e. The lowest BCUT2D eigenvalue weighted by molar-refractivity contribution is 0.146. The van der Waals surface area contributed by atoms with E-state index in [1.165, 1.54) is 12.7 Å². The topological polar surface area (TPSA) is 113 Å². The molecule has 0 fully saturated rings. The lowest BCUT2D eigenvalue weighted by atomic mass is 9.79. The second-order valence-electron chi connectivity index (χ2n) is 9.06. The fourth-order valence-electron chi connectivity index (χ4n) is 4.67. The first-order chi connectivity index (χ1) is 16.2. The van der Waals surface area contributed by atoms with Crippen LogP contribution in [0.15, 0.2) is 41.4 Å². The Hall–Kier alpha value is -2.93. The van der Waals surface area contributed by atoms with Crippen molar-refractivity contribution in [1.82, 2.24) is 10.8 Å². The Morgan fingerprint density at radius 3 is 2.85 bits per heavy atom. The van der Waals surface area contributed by atoms with Gasteiger partial charge in [-0.15, -0.1) is 5.48 Å². The number of nitrogens with one attached hydrogen (secondary N) is 2. The normalized spacial score (nSPS) is 21.7. The van der Waals surface area contributed by atoms with Gasteiger partial charge in [0.25, 0.3) is 0 Å². The predicted molar refractivity (Wildman–Crippen MR) is 130 cm³/mol. The minimum absolute atomic E-state index is 0.0499. The van der Waals surface area contributed by atoms with Crippen LogP contribution in [0.2, 0.25) is 0 Å². The van der Waals surface area contributed by atoms with Gasteiger partial charge < -0.3 is 14.9 Å². The van der Waals surface area contributed by atoms with Crippen molar-refractivity contribution in [3.63, 3.8) is 0 Å². The molecule has 34 heavy (non-hydrogen) atoms. The molecule has 0 aromatic heterocycles. The Kier molecular flexibility index (Phi) is 6.94. The molecule has 1 unspecified atom stereocenters. The Morgan fingerprint density at radius 1 is 1.35 bits per heavy atom. The number of ether oxygens (including phenoxy) is 1. The molecule has 180 valence electrons. The van der Waals surface area contributed by atoms with E-state index in [0.717, 1.165) is 41.5 Å². The summed E-state index contributed by atoms with van der Waals surface area (Å²) in [4.78, 5) is 10.1. The molecule has 0 amide bonds. The minimum atomic E-state index is -3.03. The highest BCUT2D eigenvalue weighted by Gasteiger charge is 2.41. The van der Waals surface area contributed by atoms with E-state index in [-0.39, 0.29) is 17.9 Å². The molecule has 0 bridgehead atoms. The average Bonchev–Trinajstić information content (AvgIpc) is 3.29. The van der Waals surface area contributed by atoms with Gasteiger partial charge in [-0.1, -0.05) is 24.3 Å². The summed E-state index contributed by atoms with van der Waals surface area (Å²) in [6, 6.07) is 13.9. The van der Waals surface area contributed by atoms with Gasteiger partial charge in [0.15, 0.2) is 12.1 Å². The third-order valence-corrected chi connectivity index (χ3v) is 7.09. The summed E-state index contributed by atoms with van der Waals surface area (Å²) >= 11 is 0. The van der Waals surface area contributed by atoms with Crippen LogP contribution in [0.25, 0.3) is 0 Å². The molecular formula is C25H30N4O4S. The van der Waals surface area contributed by atoms with E-state index in [4.69, 9.17) is 14.6 Å². The van der Waals surface area contributed by atoms with E-state index < -0.39 is 15.5 Å². The van der Waals surface area contributed by atoms with E-state index in [2.05, 4.69) is 22.9 Å². The molecule has 2 aliphatic rings. The molecule has 4 rings (SSSR count). The van der Waals surface area contributed by atoms with Gasteiger partial charge in [0.2, 0.25) is 0 Å². The third kappa shape index (κ3) is 4.94. The molecular weight excluding hydrogens is 452 g/mol. The summed E-state index contributed by atoms with van der Waals surface area (Å²) in [6.45, 7) is 4.24. The zero-order valence-electron chi connectivity index (χ0n) is 19.7. The monoisotopic (exact) mass is 482 g/mol. The first-order valence-corrected chi connectivity index (χ1v) is 13.5. The summed E-state index contributed by atoms with van der Waals surface area (Å²) in [6.07, 6.45) is 5.35. The van der Waals surface area contributed by atoms with Crippen LogP contribution in [0.3, 0.4) is 0 Å². The second-order valence-corrected chi connectivity index (χ2v) is 11.3. The van der Waals surface area contributed by atoms with Crippen LogP contribution in [-0.4, -0.2) is 39.5 Å². The molecule has 0 saturated carbocycles. The maximum Gasteiger partial charge on any atom is 0.199 e. The first kappa shape index (κ1) is 24.2. The van der Waals surface area contributed by atoms with Crippen LogP contribution >= 0.6 is 0 Å². The molecule has 0 radical (unpaired) electrons. The van der Waals surface area contributed by atoms with Gasteiger partial charge in [0.05, 0.1) is 17.4 Å².